The van der Waals surface area contributed by atoms with Crippen LogP contribution in [-0.2, 0) is 19.5 Å². The van der Waals surface area contributed by atoms with Crippen LogP contribution in [0.4, 0.5) is 0 Å². The molecule has 192 valence electrons. The highest BCUT2D eigenvalue weighted by atomic mass is 16.7. The molecule has 0 N–H and O–H groups in total. The Hall–Kier alpha value is -2.77. The first kappa shape index (κ1) is 23.6. The van der Waals surface area contributed by atoms with Gasteiger partial charge in [0, 0.05) is 18.5 Å². The summed E-state index contributed by atoms with van der Waals surface area (Å²) in [5, 5.41) is 5.66. The number of ether oxygens (including phenoxy) is 3. The van der Waals surface area contributed by atoms with Crippen LogP contribution in [-0.4, -0.2) is 55.5 Å². The minimum absolute atomic E-state index is 0.331. The summed E-state index contributed by atoms with van der Waals surface area (Å²) in [6.45, 7) is 5.16. The van der Waals surface area contributed by atoms with E-state index in [1.165, 1.54) is 31.2 Å². The van der Waals surface area contributed by atoms with Crippen molar-refractivity contribution in [2.75, 3.05) is 40.6 Å². The number of piperidine rings is 1. The fourth-order valence-electron chi connectivity index (χ4n) is 5.44. The molecule has 6 rings (SSSR count). The van der Waals surface area contributed by atoms with Gasteiger partial charge in [-0.3, -0.25) is 4.90 Å². The third-order valence-corrected chi connectivity index (χ3v) is 7.76. The fraction of sp³-hybridized carbons (Fsp3) is 0.552. The quantitative estimate of drug-likeness (QED) is 0.384. The van der Waals surface area contributed by atoms with Crippen LogP contribution in [0.1, 0.15) is 48.9 Å². The van der Waals surface area contributed by atoms with Gasteiger partial charge in [0.2, 0.25) is 6.79 Å². The summed E-state index contributed by atoms with van der Waals surface area (Å²) in [7, 11) is 4.17. The Morgan fingerprint density at radius 2 is 1.83 bits per heavy atom. The molecule has 3 heterocycles. The van der Waals surface area contributed by atoms with Gasteiger partial charge < -0.3 is 23.6 Å². The molecular weight excluding hydrogens is 454 g/mol. The molecule has 2 fully saturated rings. The summed E-state index contributed by atoms with van der Waals surface area (Å²) < 4.78 is 23.1. The van der Waals surface area contributed by atoms with E-state index in [2.05, 4.69) is 53.3 Å². The molecule has 0 spiro atoms. The predicted molar refractivity (Wildman–Crippen MR) is 139 cm³/mol. The summed E-state index contributed by atoms with van der Waals surface area (Å²) in [6, 6.07) is 10.6. The van der Waals surface area contributed by atoms with E-state index in [1.54, 1.807) is 0 Å². The highest BCUT2D eigenvalue weighted by Gasteiger charge is 2.25. The van der Waals surface area contributed by atoms with Gasteiger partial charge in [-0.15, -0.1) is 0 Å². The van der Waals surface area contributed by atoms with Crippen molar-refractivity contribution in [1.29, 1.82) is 0 Å². The van der Waals surface area contributed by atoms with Gasteiger partial charge in [-0.1, -0.05) is 11.2 Å². The third kappa shape index (κ3) is 5.32. The first-order valence-electron chi connectivity index (χ1n) is 13.4. The maximum atomic E-state index is 6.18. The maximum Gasteiger partial charge on any atom is 0.231 e. The second kappa shape index (κ2) is 10.3. The number of aromatic nitrogens is 1. The minimum atomic E-state index is 0.331. The molecule has 2 aromatic carbocycles. The lowest BCUT2D eigenvalue weighted by atomic mass is 9.91. The van der Waals surface area contributed by atoms with Crippen LogP contribution in [0.25, 0.3) is 11.0 Å². The Labute approximate surface area is 213 Å². The fourth-order valence-corrected chi connectivity index (χ4v) is 5.44. The van der Waals surface area contributed by atoms with Crippen molar-refractivity contribution in [3.63, 3.8) is 0 Å². The van der Waals surface area contributed by atoms with Crippen LogP contribution in [0.2, 0.25) is 0 Å². The summed E-state index contributed by atoms with van der Waals surface area (Å²) in [5.74, 6) is 4.13. The van der Waals surface area contributed by atoms with E-state index in [4.69, 9.17) is 18.7 Å². The number of benzene rings is 2. The highest BCUT2D eigenvalue weighted by molar-refractivity contribution is 5.84. The monoisotopic (exact) mass is 491 g/mol. The third-order valence-electron chi connectivity index (χ3n) is 7.76. The zero-order valence-electron chi connectivity index (χ0n) is 21.5. The Morgan fingerprint density at radius 3 is 2.64 bits per heavy atom. The van der Waals surface area contributed by atoms with Crippen LogP contribution >= 0.6 is 0 Å². The molecule has 7 nitrogen and oxygen atoms in total. The molecule has 0 atom stereocenters. The molecule has 0 radical (unpaired) electrons. The number of likely N-dealkylation sites (tertiary alicyclic amines) is 1. The molecule has 1 aliphatic carbocycles. The maximum absolute atomic E-state index is 6.18. The predicted octanol–water partition coefficient (Wildman–Crippen LogP) is 5.25. The average Bonchev–Trinajstić information content (AvgIpc) is 3.43. The van der Waals surface area contributed by atoms with Gasteiger partial charge in [0.25, 0.3) is 0 Å². The number of rotatable bonds is 10. The van der Waals surface area contributed by atoms with Gasteiger partial charge in [-0.05, 0) is 107 Å². The van der Waals surface area contributed by atoms with E-state index in [0.29, 0.717) is 6.79 Å². The molecule has 0 bridgehead atoms. The topological polar surface area (TPSA) is 60.2 Å². The smallest absolute Gasteiger partial charge is 0.231 e. The number of hydrogen-bond acceptors (Lipinski definition) is 7. The van der Waals surface area contributed by atoms with Gasteiger partial charge in [0.1, 0.15) is 5.75 Å². The van der Waals surface area contributed by atoms with Gasteiger partial charge in [-0.25, -0.2) is 0 Å². The molecule has 3 aromatic rings. The summed E-state index contributed by atoms with van der Waals surface area (Å²) in [4.78, 5) is 4.72. The van der Waals surface area contributed by atoms with Crippen LogP contribution in [0.15, 0.2) is 34.9 Å². The number of fused-ring (bicyclic) bond motifs is 2. The Morgan fingerprint density at radius 1 is 1.00 bits per heavy atom. The molecule has 0 unspecified atom stereocenters. The first-order valence-corrected chi connectivity index (χ1v) is 13.4. The Kier molecular flexibility index (Phi) is 6.76. The average molecular weight is 492 g/mol. The lowest BCUT2D eigenvalue weighted by Gasteiger charge is -2.32. The van der Waals surface area contributed by atoms with E-state index >= 15 is 0 Å². The van der Waals surface area contributed by atoms with Crippen LogP contribution in [0.3, 0.4) is 0 Å². The minimum Gasteiger partial charge on any atom is -0.493 e. The standard InChI is InChI=1S/C29H37N3O4/c1-31(2)17-24-26(33-18-21-3-4-21)10-7-23-25(30-36-29(23)24)8-5-20-11-13-32(14-12-20)16-22-6-9-27-28(15-22)35-19-34-27/h6-7,9-10,15,20-21H,3-5,8,11-14,16-19H2,1-2H3. The second-order valence-electron chi connectivity index (χ2n) is 11.0. The highest BCUT2D eigenvalue weighted by Crippen LogP contribution is 2.36. The molecule has 1 aromatic heterocycles. The zero-order chi connectivity index (χ0) is 24.5. The molecule has 3 aliphatic rings. The van der Waals surface area contributed by atoms with Crippen molar-refractivity contribution >= 4 is 11.0 Å². The van der Waals surface area contributed by atoms with Gasteiger partial charge in [0.15, 0.2) is 17.1 Å². The van der Waals surface area contributed by atoms with Crippen LogP contribution < -0.4 is 14.2 Å². The first-order chi connectivity index (χ1) is 17.6. The van der Waals surface area contributed by atoms with Crippen molar-refractivity contribution in [2.45, 2.75) is 51.6 Å². The SMILES string of the molecule is CN(C)Cc1c(OCC2CC2)ccc2c(CCC3CCN(Cc4ccc5c(c4)OCO5)CC3)noc12. The molecule has 2 aliphatic heterocycles. The lowest BCUT2D eigenvalue weighted by Crippen LogP contribution is -2.33. The van der Waals surface area contributed by atoms with Crippen molar-refractivity contribution in [3.8, 4) is 17.2 Å². The summed E-state index contributed by atoms with van der Waals surface area (Å²) >= 11 is 0. The summed E-state index contributed by atoms with van der Waals surface area (Å²) in [5.41, 5.74) is 4.39. The van der Waals surface area contributed by atoms with Gasteiger partial charge >= 0.3 is 0 Å². The van der Waals surface area contributed by atoms with Crippen molar-refractivity contribution < 1.29 is 18.7 Å². The van der Waals surface area contributed by atoms with Gasteiger partial charge in [0.05, 0.1) is 17.9 Å². The van der Waals surface area contributed by atoms with Crippen LogP contribution in [0, 0.1) is 11.8 Å². The molecular formula is C29H37N3O4. The molecule has 0 amide bonds. The normalized spacial score (nSPS) is 18.4. The van der Waals surface area contributed by atoms with E-state index in [0.717, 1.165) is 96.9 Å². The van der Waals surface area contributed by atoms with E-state index in [-0.39, 0.29) is 0 Å². The number of hydrogen-bond donors (Lipinski definition) is 0. The lowest BCUT2D eigenvalue weighted by molar-refractivity contribution is 0.170. The van der Waals surface area contributed by atoms with Crippen molar-refractivity contribution in [2.24, 2.45) is 11.8 Å². The molecule has 36 heavy (non-hydrogen) atoms. The zero-order valence-corrected chi connectivity index (χ0v) is 21.5. The van der Waals surface area contributed by atoms with Crippen LogP contribution in [0.5, 0.6) is 17.2 Å². The summed E-state index contributed by atoms with van der Waals surface area (Å²) in [6.07, 6.45) is 7.15. The van der Waals surface area contributed by atoms with E-state index < -0.39 is 0 Å². The molecule has 1 saturated heterocycles. The van der Waals surface area contributed by atoms with Crippen molar-refractivity contribution in [3.05, 3.63) is 47.2 Å². The van der Waals surface area contributed by atoms with Gasteiger partial charge in [-0.2, -0.15) is 0 Å². The number of nitrogens with zero attached hydrogens (tertiary/aromatic N) is 3. The molecule has 1 saturated carbocycles. The number of aryl methyl sites for hydroxylation is 1. The largest absolute Gasteiger partial charge is 0.493 e. The van der Waals surface area contributed by atoms with Crippen molar-refractivity contribution in [1.82, 2.24) is 15.0 Å². The molecule has 7 heteroatoms. The van der Waals surface area contributed by atoms with E-state index in [9.17, 15) is 0 Å². The Bertz CT molecular complexity index is 1190. The second-order valence-corrected chi connectivity index (χ2v) is 11.0. The van der Waals surface area contributed by atoms with E-state index in [1.807, 2.05) is 6.07 Å². The Balaban J connectivity index is 1.05.